The van der Waals surface area contributed by atoms with Gasteiger partial charge in [0, 0.05) is 20.1 Å². The number of nitrogens with one attached hydrogen (secondary N) is 2. The van der Waals surface area contributed by atoms with E-state index in [1.165, 1.54) is 16.7 Å². The molecule has 0 aromatic heterocycles. The maximum atomic E-state index is 12.5. The summed E-state index contributed by atoms with van der Waals surface area (Å²) in [5.74, 6) is -0.257. The quantitative estimate of drug-likeness (QED) is 0.781. The number of carbonyl (C=O) groups excluding carboxylic acids is 3. The zero-order valence-corrected chi connectivity index (χ0v) is 16.4. The Kier molecular flexibility index (Phi) is 5.69. The third-order valence-electron chi connectivity index (χ3n) is 4.50. The van der Waals surface area contributed by atoms with Gasteiger partial charge in [-0.05, 0) is 19.4 Å². The van der Waals surface area contributed by atoms with Crippen LogP contribution in [0.25, 0.3) is 0 Å². The van der Waals surface area contributed by atoms with Crippen molar-refractivity contribution in [2.24, 2.45) is 4.99 Å². The second kappa shape index (κ2) is 7.99. The lowest BCUT2D eigenvalue weighted by atomic mass is 10.1. The van der Waals surface area contributed by atoms with Gasteiger partial charge in [0.15, 0.2) is 17.4 Å². The Balaban J connectivity index is 1.84. The predicted octanol–water partition coefficient (Wildman–Crippen LogP) is 0.912. The van der Waals surface area contributed by atoms with Gasteiger partial charge in [-0.25, -0.2) is 9.79 Å². The number of aliphatic imine (C=N–C) groups is 1. The fraction of sp³-hybridized carbons (Fsp3) is 0.444. The van der Waals surface area contributed by atoms with Crippen molar-refractivity contribution in [1.82, 2.24) is 20.4 Å². The molecule has 2 heterocycles. The lowest BCUT2D eigenvalue weighted by Gasteiger charge is -2.36. The number of imide groups is 1. The molecule has 8 nitrogen and oxygen atoms in total. The van der Waals surface area contributed by atoms with E-state index in [0.29, 0.717) is 18.3 Å². The molecule has 2 aliphatic rings. The molecule has 144 valence electrons. The highest BCUT2D eigenvalue weighted by Gasteiger charge is 2.48. The van der Waals surface area contributed by atoms with Crippen LogP contribution in [0.2, 0.25) is 0 Å². The number of thioether (sulfide) groups is 1. The van der Waals surface area contributed by atoms with Crippen molar-refractivity contribution in [3.05, 3.63) is 35.4 Å². The predicted molar refractivity (Wildman–Crippen MR) is 104 cm³/mol. The molecular weight excluding hydrogens is 366 g/mol. The van der Waals surface area contributed by atoms with E-state index in [2.05, 4.69) is 15.6 Å². The van der Waals surface area contributed by atoms with Gasteiger partial charge in [0.1, 0.15) is 0 Å². The number of fused-ring (bicyclic) bond motifs is 1. The van der Waals surface area contributed by atoms with Crippen molar-refractivity contribution in [3.63, 3.8) is 0 Å². The zero-order valence-electron chi connectivity index (χ0n) is 15.6. The third kappa shape index (κ3) is 4.08. The Morgan fingerprint density at radius 3 is 2.67 bits per heavy atom. The van der Waals surface area contributed by atoms with Crippen LogP contribution < -0.4 is 10.6 Å². The maximum absolute atomic E-state index is 12.5. The number of nitrogens with zero attached hydrogens (tertiary/aromatic N) is 3. The van der Waals surface area contributed by atoms with Crippen LogP contribution in [-0.4, -0.2) is 64.4 Å². The summed E-state index contributed by atoms with van der Waals surface area (Å²) in [6.07, 6.45) is -0.589. The standard InChI is InChI=1S/C18H23N5O3S/c1-4-19-13(24)10-27-18-20-15-14(16(25)21-17(26)22(15)3)23(18)9-12-7-5-11(2)6-8-12/h5-8,14-15H,4,9-10H2,1-3H3,(H,19,24)(H,21,25,26). The molecule has 2 atom stereocenters. The molecule has 0 saturated carbocycles. The fourth-order valence-electron chi connectivity index (χ4n) is 3.06. The minimum Gasteiger partial charge on any atom is -0.356 e. The van der Waals surface area contributed by atoms with Gasteiger partial charge < -0.3 is 15.1 Å². The van der Waals surface area contributed by atoms with E-state index in [4.69, 9.17) is 0 Å². The first kappa shape index (κ1) is 19.2. The van der Waals surface area contributed by atoms with Gasteiger partial charge >= 0.3 is 6.03 Å². The smallest absolute Gasteiger partial charge is 0.325 e. The zero-order chi connectivity index (χ0) is 19.6. The van der Waals surface area contributed by atoms with E-state index >= 15 is 0 Å². The van der Waals surface area contributed by atoms with Gasteiger partial charge in [-0.3, -0.25) is 14.9 Å². The molecule has 1 fully saturated rings. The van der Waals surface area contributed by atoms with Crippen molar-refractivity contribution in [2.45, 2.75) is 32.6 Å². The highest BCUT2D eigenvalue weighted by Crippen LogP contribution is 2.30. The number of amidine groups is 1. The summed E-state index contributed by atoms with van der Waals surface area (Å²) >= 11 is 1.28. The van der Waals surface area contributed by atoms with Crippen LogP contribution in [-0.2, 0) is 16.1 Å². The molecule has 2 N–H and O–H groups in total. The van der Waals surface area contributed by atoms with Gasteiger partial charge in [-0.1, -0.05) is 41.6 Å². The number of amides is 4. The first-order valence-corrected chi connectivity index (χ1v) is 9.76. The van der Waals surface area contributed by atoms with E-state index in [9.17, 15) is 14.4 Å². The Morgan fingerprint density at radius 2 is 2.00 bits per heavy atom. The lowest BCUT2D eigenvalue weighted by molar-refractivity contribution is -0.127. The maximum Gasteiger partial charge on any atom is 0.325 e. The first-order chi connectivity index (χ1) is 12.9. The molecule has 0 aliphatic carbocycles. The largest absolute Gasteiger partial charge is 0.356 e. The van der Waals surface area contributed by atoms with Gasteiger partial charge in [-0.2, -0.15) is 0 Å². The number of rotatable bonds is 5. The topological polar surface area (TPSA) is 94.1 Å². The molecular formula is C18H23N5O3S. The summed E-state index contributed by atoms with van der Waals surface area (Å²) in [5, 5.41) is 5.72. The van der Waals surface area contributed by atoms with E-state index in [0.717, 1.165) is 11.1 Å². The molecule has 9 heteroatoms. The van der Waals surface area contributed by atoms with Crippen LogP contribution in [0.15, 0.2) is 29.3 Å². The van der Waals surface area contributed by atoms with E-state index in [-0.39, 0.29) is 17.6 Å². The molecule has 2 unspecified atom stereocenters. The molecule has 4 amide bonds. The van der Waals surface area contributed by atoms with Crippen LogP contribution in [0, 0.1) is 6.92 Å². The van der Waals surface area contributed by atoms with Gasteiger partial charge in [0.25, 0.3) is 5.91 Å². The van der Waals surface area contributed by atoms with Crippen molar-refractivity contribution >= 4 is 34.8 Å². The van der Waals surface area contributed by atoms with Gasteiger partial charge in [0.2, 0.25) is 5.91 Å². The molecule has 1 aromatic carbocycles. The second-order valence-electron chi connectivity index (χ2n) is 6.53. The Morgan fingerprint density at radius 1 is 1.30 bits per heavy atom. The monoisotopic (exact) mass is 389 g/mol. The number of aryl methyl sites for hydroxylation is 1. The van der Waals surface area contributed by atoms with E-state index < -0.39 is 18.2 Å². The van der Waals surface area contributed by atoms with Crippen molar-refractivity contribution < 1.29 is 14.4 Å². The van der Waals surface area contributed by atoms with Crippen LogP contribution in [0.5, 0.6) is 0 Å². The minimum absolute atomic E-state index is 0.0933. The summed E-state index contributed by atoms with van der Waals surface area (Å²) < 4.78 is 0. The molecule has 0 spiro atoms. The number of hydrogen-bond donors (Lipinski definition) is 2. The second-order valence-corrected chi connectivity index (χ2v) is 7.47. The average Bonchev–Trinajstić information content (AvgIpc) is 2.99. The third-order valence-corrected chi connectivity index (χ3v) is 5.51. The summed E-state index contributed by atoms with van der Waals surface area (Å²) in [5.41, 5.74) is 2.18. The number of hydrogen-bond acceptors (Lipinski definition) is 6. The summed E-state index contributed by atoms with van der Waals surface area (Å²) in [6.45, 7) is 4.90. The van der Waals surface area contributed by atoms with Crippen molar-refractivity contribution in [3.8, 4) is 0 Å². The van der Waals surface area contributed by atoms with Gasteiger partial charge in [0.05, 0.1) is 5.75 Å². The number of urea groups is 1. The summed E-state index contributed by atoms with van der Waals surface area (Å²) in [6, 6.07) is 6.96. The Bertz CT molecular complexity index is 780. The lowest BCUT2D eigenvalue weighted by Crippen LogP contribution is -2.63. The van der Waals surface area contributed by atoms with Crippen LogP contribution in [0.1, 0.15) is 18.1 Å². The SMILES string of the molecule is CCNC(=O)CSC1=NC2C(C(=O)NC(=O)N2C)N1Cc1ccc(C)cc1. The molecule has 27 heavy (non-hydrogen) atoms. The van der Waals surface area contributed by atoms with Gasteiger partial charge in [-0.15, -0.1) is 0 Å². The number of benzene rings is 1. The van der Waals surface area contributed by atoms with Crippen LogP contribution in [0.4, 0.5) is 4.79 Å². The Hall–Kier alpha value is -2.55. The average molecular weight is 389 g/mol. The highest BCUT2D eigenvalue weighted by atomic mass is 32.2. The van der Waals surface area contributed by atoms with E-state index in [1.807, 2.05) is 43.0 Å². The molecule has 0 bridgehead atoms. The minimum atomic E-state index is -0.606. The molecule has 1 saturated heterocycles. The van der Waals surface area contributed by atoms with Crippen molar-refractivity contribution in [1.29, 1.82) is 0 Å². The molecule has 0 radical (unpaired) electrons. The Labute approximate surface area is 162 Å². The fourth-order valence-corrected chi connectivity index (χ4v) is 3.94. The normalized spacial score (nSPS) is 21.7. The molecule has 1 aromatic rings. The van der Waals surface area contributed by atoms with Crippen LogP contribution in [0.3, 0.4) is 0 Å². The summed E-state index contributed by atoms with van der Waals surface area (Å²) in [4.78, 5) is 44.2. The molecule has 2 aliphatic heterocycles. The number of carbonyl (C=O) groups is 3. The summed E-state index contributed by atoms with van der Waals surface area (Å²) in [7, 11) is 1.62. The molecule has 3 rings (SSSR count). The van der Waals surface area contributed by atoms with Crippen LogP contribution >= 0.6 is 11.8 Å². The van der Waals surface area contributed by atoms with Crippen molar-refractivity contribution in [2.75, 3.05) is 19.3 Å². The highest BCUT2D eigenvalue weighted by molar-refractivity contribution is 8.14. The number of likely N-dealkylation sites (N-methyl/N-ethyl adjacent to an activating group) is 1. The van der Waals surface area contributed by atoms with E-state index in [1.54, 1.807) is 7.05 Å². The first-order valence-electron chi connectivity index (χ1n) is 8.78.